The van der Waals surface area contributed by atoms with Crippen LogP contribution in [-0.2, 0) is 9.53 Å². The van der Waals surface area contributed by atoms with Crippen LogP contribution in [0.5, 0.6) is 0 Å². The predicted octanol–water partition coefficient (Wildman–Crippen LogP) is 3.07. The Balaban J connectivity index is 3.94. The first-order valence-electron chi connectivity index (χ1n) is 4.97. The van der Waals surface area contributed by atoms with Crippen molar-refractivity contribution in [1.82, 2.24) is 0 Å². The summed E-state index contributed by atoms with van der Waals surface area (Å²) in [6.45, 7) is 7.87. The van der Waals surface area contributed by atoms with Gasteiger partial charge in [-0.3, -0.25) is 4.79 Å². The second-order valence-corrected chi connectivity index (χ2v) is 3.34. The van der Waals surface area contributed by atoms with Gasteiger partial charge in [0.2, 0.25) is 0 Å². The smallest absolute Gasteiger partial charge is 0.310 e. The lowest BCUT2D eigenvalue weighted by Gasteiger charge is -2.08. The highest BCUT2D eigenvalue weighted by atomic mass is 16.5. The third kappa shape index (κ3) is 6.38. The zero-order valence-electron chi connectivity index (χ0n) is 9.09. The minimum atomic E-state index is -0.114. The molecule has 0 heterocycles. The second-order valence-electron chi connectivity index (χ2n) is 3.34. The second kappa shape index (κ2) is 6.70. The molecule has 0 aromatic rings. The van der Waals surface area contributed by atoms with Crippen molar-refractivity contribution in [3.63, 3.8) is 0 Å². The van der Waals surface area contributed by atoms with E-state index in [0.29, 0.717) is 6.42 Å². The molecule has 0 spiro atoms. The highest BCUT2D eigenvalue weighted by molar-refractivity contribution is 5.72. The van der Waals surface area contributed by atoms with E-state index in [-0.39, 0.29) is 12.1 Å². The number of carbonyl (C=O) groups is 1. The largest absolute Gasteiger partial charge is 0.463 e. The van der Waals surface area contributed by atoms with Crippen molar-refractivity contribution in [2.45, 2.75) is 53.1 Å². The number of rotatable bonds is 5. The molecule has 0 aromatic heterocycles. The number of hydrogen-bond donors (Lipinski definition) is 0. The Morgan fingerprint density at radius 1 is 1.38 bits per heavy atom. The third-order valence-electron chi connectivity index (χ3n) is 1.69. The maximum absolute atomic E-state index is 11.2. The average molecular weight is 184 g/mol. The van der Waals surface area contributed by atoms with Crippen LogP contribution < -0.4 is 0 Å². The standard InChI is InChI=1S/C11H20O2/c1-5-7-10(6-2)8-11(12)13-9(3)4/h7,9H,5-6,8H2,1-4H3. The molecule has 0 amide bonds. The molecule has 0 aromatic carbocycles. The minimum absolute atomic E-state index is 0.00719. The average Bonchev–Trinajstić information content (AvgIpc) is 2.02. The van der Waals surface area contributed by atoms with Crippen LogP contribution in [0.3, 0.4) is 0 Å². The fourth-order valence-electron chi connectivity index (χ4n) is 1.12. The van der Waals surface area contributed by atoms with E-state index in [1.807, 2.05) is 13.8 Å². The summed E-state index contributed by atoms with van der Waals surface area (Å²) >= 11 is 0. The van der Waals surface area contributed by atoms with Crippen LogP contribution in [0.15, 0.2) is 11.6 Å². The van der Waals surface area contributed by atoms with Crippen molar-refractivity contribution in [2.24, 2.45) is 0 Å². The molecule has 0 N–H and O–H groups in total. The van der Waals surface area contributed by atoms with E-state index in [0.717, 1.165) is 12.8 Å². The molecule has 2 nitrogen and oxygen atoms in total. The van der Waals surface area contributed by atoms with Gasteiger partial charge >= 0.3 is 5.97 Å². The molecule has 0 unspecified atom stereocenters. The molecule has 0 radical (unpaired) electrons. The van der Waals surface area contributed by atoms with Crippen molar-refractivity contribution in [3.05, 3.63) is 11.6 Å². The first kappa shape index (κ1) is 12.2. The van der Waals surface area contributed by atoms with Crippen LogP contribution in [0, 0.1) is 0 Å². The Hall–Kier alpha value is -0.790. The van der Waals surface area contributed by atoms with Gasteiger partial charge in [-0.2, -0.15) is 0 Å². The molecule has 0 bridgehead atoms. The topological polar surface area (TPSA) is 26.3 Å². The molecule has 2 heteroatoms. The summed E-state index contributed by atoms with van der Waals surface area (Å²) in [5.74, 6) is -0.114. The fraction of sp³-hybridized carbons (Fsp3) is 0.727. The number of allylic oxidation sites excluding steroid dienone is 1. The van der Waals surface area contributed by atoms with Gasteiger partial charge < -0.3 is 4.74 Å². The summed E-state index contributed by atoms with van der Waals surface area (Å²) < 4.78 is 5.05. The maximum atomic E-state index is 11.2. The van der Waals surface area contributed by atoms with Crippen molar-refractivity contribution >= 4 is 5.97 Å². The number of hydrogen-bond acceptors (Lipinski definition) is 2. The molecular formula is C11H20O2. The zero-order valence-corrected chi connectivity index (χ0v) is 9.09. The summed E-state index contributed by atoms with van der Waals surface area (Å²) in [6, 6.07) is 0. The lowest BCUT2D eigenvalue weighted by molar-refractivity contribution is -0.146. The van der Waals surface area contributed by atoms with Crippen molar-refractivity contribution in [2.75, 3.05) is 0 Å². The molecule has 0 aliphatic carbocycles. The molecule has 0 fully saturated rings. The monoisotopic (exact) mass is 184 g/mol. The van der Waals surface area contributed by atoms with Crippen LogP contribution in [0.4, 0.5) is 0 Å². The molecule has 0 rings (SSSR count). The molecule has 13 heavy (non-hydrogen) atoms. The van der Waals surface area contributed by atoms with Gasteiger partial charge in [0.05, 0.1) is 12.5 Å². The molecule has 0 saturated carbocycles. The van der Waals surface area contributed by atoms with Crippen molar-refractivity contribution in [1.29, 1.82) is 0 Å². The first-order valence-corrected chi connectivity index (χ1v) is 4.97. The Labute approximate surface area is 81.0 Å². The SMILES string of the molecule is CCC=C(CC)CC(=O)OC(C)C. The predicted molar refractivity (Wildman–Crippen MR) is 54.5 cm³/mol. The lowest BCUT2D eigenvalue weighted by Crippen LogP contribution is -2.11. The van der Waals surface area contributed by atoms with Crippen LogP contribution in [-0.4, -0.2) is 12.1 Å². The lowest BCUT2D eigenvalue weighted by atomic mass is 10.1. The highest BCUT2D eigenvalue weighted by Crippen LogP contribution is 2.09. The van der Waals surface area contributed by atoms with E-state index >= 15 is 0 Å². The first-order chi connectivity index (χ1) is 6.10. The summed E-state index contributed by atoms with van der Waals surface area (Å²) in [5.41, 5.74) is 1.17. The fourth-order valence-corrected chi connectivity index (χ4v) is 1.12. The molecule has 0 aliphatic rings. The number of carbonyl (C=O) groups excluding carboxylic acids is 1. The summed E-state index contributed by atoms with van der Waals surface area (Å²) in [4.78, 5) is 11.2. The molecule has 76 valence electrons. The van der Waals surface area contributed by atoms with Gasteiger partial charge in [-0.15, -0.1) is 0 Å². The van der Waals surface area contributed by atoms with Gasteiger partial charge in [0.1, 0.15) is 0 Å². The van der Waals surface area contributed by atoms with E-state index in [9.17, 15) is 4.79 Å². The molecule has 0 aliphatic heterocycles. The molecule has 0 atom stereocenters. The Morgan fingerprint density at radius 3 is 2.38 bits per heavy atom. The van der Waals surface area contributed by atoms with Crippen LogP contribution in [0.25, 0.3) is 0 Å². The normalized spacial score (nSPS) is 11.9. The Bertz CT molecular complexity index is 181. The van der Waals surface area contributed by atoms with E-state index in [1.54, 1.807) is 0 Å². The van der Waals surface area contributed by atoms with Gasteiger partial charge in [0, 0.05) is 0 Å². The summed E-state index contributed by atoms with van der Waals surface area (Å²) in [6.07, 6.45) is 4.45. The minimum Gasteiger partial charge on any atom is -0.463 e. The summed E-state index contributed by atoms with van der Waals surface area (Å²) in [7, 11) is 0. The zero-order chi connectivity index (χ0) is 10.3. The highest BCUT2D eigenvalue weighted by Gasteiger charge is 2.06. The van der Waals surface area contributed by atoms with Crippen LogP contribution >= 0.6 is 0 Å². The molecule has 0 saturated heterocycles. The van der Waals surface area contributed by atoms with Crippen molar-refractivity contribution in [3.8, 4) is 0 Å². The van der Waals surface area contributed by atoms with Gasteiger partial charge in [-0.05, 0) is 26.7 Å². The number of esters is 1. The van der Waals surface area contributed by atoms with E-state index < -0.39 is 0 Å². The van der Waals surface area contributed by atoms with Crippen molar-refractivity contribution < 1.29 is 9.53 Å². The summed E-state index contributed by atoms with van der Waals surface area (Å²) in [5, 5.41) is 0. The van der Waals surface area contributed by atoms with E-state index in [4.69, 9.17) is 4.74 Å². The van der Waals surface area contributed by atoms with E-state index in [2.05, 4.69) is 19.9 Å². The van der Waals surface area contributed by atoms with Crippen LogP contribution in [0.1, 0.15) is 47.0 Å². The number of ether oxygens (including phenoxy) is 1. The van der Waals surface area contributed by atoms with Gasteiger partial charge in [0.25, 0.3) is 0 Å². The Kier molecular flexibility index (Phi) is 6.29. The van der Waals surface area contributed by atoms with E-state index in [1.165, 1.54) is 5.57 Å². The maximum Gasteiger partial charge on any atom is 0.310 e. The van der Waals surface area contributed by atoms with Crippen LogP contribution in [0.2, 0.25) is 0 Å². The third-order valence-corrected chi connectivity index (χ3v) is 1.69. The van der Waals surface area contributed by atoms with Gasteiger partial charge in [-0.1, -0.05) is 25.5 Å². The van der Waals surface area contributed by atoms with Gasteiger partial charge in [-0.25, -0.2) is 0 Å². The quantitative estimate of drug-likeness (QED) is 0.485. The van der Waals surface area contributed by atoms with Gasteiger partial charge in [0.15, 0.2) is 0 Å². The molecular weight excluding hydrogens is 164 g/mol. The Morgan fingerprint density at radius 2 is 2.00 bits per heavy atom.